The minimum atomic E-state index is -0.482. The number of anilines is 1. The summed E-state index contributed by atoms with van der Waals surface area (Å²) in [6, 6.07) is 8.75. The standard InChI is InChI=1S/C20H24N2O6S/c1-13(23)22(19-8-7-17(29-19)20(25)28-4)12-18(24)21-10-9-14-5-6-15(26-2)16(11-14)27-3/h5-8,11H,9-10,12H2,1-4H3,(H,21,24). The van der Waals surface area contributed by atoms with Gasteiger partial charge in [-0.2, -0.15) is 0 Å². The van der Waals surface area contributed by atoms with E-state index in [0.29, 0.717) is 34.3 Å². The summed E-state index contributed by atoms with van der Waals surface area (Å²) < 4.78 is 15.1. The van der Waals surface area contributed by atoms with E-state index in [1.807, 2.05) is 18.2 Å². The molecule has 2 rings (SSSR count). The van der Waals surface area contributed by atoms with Gasteiger partial charge in [0, 0.05) is 13.5 Å². The molecule has 8 nitrogen and oxygen atoms in total. The first kappa shape index (κ1) is 22.2. The van der Waals surface area contributed by atoms with Crippen LogP contribution in [0.5, 0.6) is 11.5 Å². The molecule has 0 fully saturated rings. The van der Waals surface area contributed by atoms with Gasteiger partial charge in [-0.15, -0.1) is 11.3 Å². The van der Waals surface area contributed by atoms with Crippen LogP contribution >= 0.6 is 11.3 Å². The van der Waals surface area contributed by atoms with Crippen LogP contribution in [-0.2, 0) is 20.7 Å². The number of ether oxygens (including phenoxy) is 3. The van der Waals surface area contributed by atoms with Crippen molar-refractivity contribution >= 4 is 34.1 Å². The number of amides is 2. The predicted octanol–water partition coefficient (Wildman–Crippen LogP) is 2.26. The van der Waals surface area contributed by atoms with E-state index in [2.05, 4.69) is 10.1 Å². The van der Waals surface area contributed by atoms with Crippen LogP contribution < -0.4 is 19.7 Å². The molecule has 0 unspecified atom stereocenters. The van der Waals surface area contributed by atoms with Gasteiger partial charge in [-0.1, -0.05) is 6.07 Å². The third-order valence-corrected chi connectivity index (χ3v) is 5.20. The van der Waals surface area contributed by atoms with Crippen molar-refractivity contribution in [2.75, 3.05) is 39.3 Å². The number of carbonyl (C=O) groups is 3. The number of benzene rings is 1. The molecule has 1 aromatic carbocycles. The zero-order valence-electron chi connectivity index (χ0n) is 16.8. The number of methoxy groups -OCH3 is 3. The predicted molar refractivity (Wildman–Crippen MR) is 110 cm³/mol. The molecule has 156 valence electrons. The van der Waals surface area contributed by atoms with Gasteiger partial charge in [0.1, 0.15) is 11.4 Å². The Morgan fingerprint density at radius 1 is 1.03 bits per heavy atom. The second-order valence-corrected chi connectivity index (χ2v) is 7.09. The van der Waals surface area contributed by atoms with Crippen molar-refractivity contribution in [1.82, 2.24) is 5.32 Å². The van der Waals surface area contributed by atoms with Crippen LogP contribution in [-0.4, -0.2) is 52.2 Å². The largest absolute Gasteiger partial charge is 0.493 e. The summed E-state index contributed by atoms with van der Waals surface area (Å²) in [4.78, 5) is 37.5. The van der Waals surface area contributed by atoms with Crippen molar-refractivity contribution in [1.29, 1.82) is 0 Å². The van der Waals surface area contributed by atoms with Crippen LogP contribution in [0, 0.1) is 0 Å². The lowest BCUT2D eigenvalue weighted by Crippen LogP contribution is -2.40. The van der Waals surface area contributed by atoms with Crippen LogP contribution in [0.25, 0.3) is 0 Å². The number of carbonyl (C=O) groups excluding carboxylic acids is 3. The van der Waals surface area contributed by atoms with E-state index >= 15 is 0 Å². The number of rotatable bonds is 9. The summed E-state index contributed by atoms with van der Waals surface area (Å²) in [5, 5.41) is 3.31. The highest BCUT2D eigenvalue weighted by Gasteiger charge is 2.19. The molecule has 1 N–H and O–H groups in total. The van der Waals surface area contributed by atoms with Gasteiger partial charge in [-0.3, -0.25) is 14.5 Å². The van der Waals surface area contributed by atoms with E-state index < -0.39 is 5.97 Å². The van der Waals surface area contributed by atoms with E-state index in [-0.39, 0.29) is 18.4 Å². The summed E-state index contributed by atoms with van der Waals surface area (Å²) >= 11 is 1.10. The van der Waals surface area contributed by atoms with Gasteiger partial charge < -0.3 is 19.5 Å². The Hall–Kier alpha value is -3.07. The van der Waals surface area contributed by atoms with Gasteiger partial charge in [0.2, 0.25) is 11.8 Å². The third-order valence-electron chi connectivity index (χ3n) is 4.11. The number of nitrogens with zero attached hydrogens (tertiary/aromatic N) is 1. The Balaban J connectivity index is 1.93. The lowest BCUT2D eigenvalue weighted by atomic mass is 10.1. The smallest absolute Gasteiger partial charge is 0.348 e. The number of hydrogen-bond acceptors (Lipinski definition) is 7. The zero-order chi connectivity index (χ0) is 21.4. The Morgan fingerprint density at radius 3 is 2.38 bits per heavy atom. The molecule has 0 aliphatic carbocycles. The number of nitrogens with one attached hydrogen (secondary N) is 1. The third kappa shape index (κ3) is 5.95. The lowest BCUT2D eigenvalue weighted by molar-refractivity contribution is -0.123. The van der Waals surface area contributed by atoms with E-state index in [0.717, 1.165) is 16.9 Å². The number of esters is 1. The molecule has 29 heavy (non-hydrogen) atoms. The first-order valence-electron chi connectivity index (χ1n) is 8.83. The molecule has 0 radical (unpaired) electrons. The Bertz CT molecular complexity index is 880. The Kier molecular flexibility index (Phi) is 8.02. The molecule has 9 heteroatoms. The highest BCUT2D eigenvalue weighted by Crippen LogP contribution is 2.28. The summed E-state index contributed by atoms with van der Waals surface area (Å²) in [7, 11) is 4.42. The summed E-state index contributed by atoms with van der Waals surface area (Å²) in [5.41, 5.74) is 0.979. The molecule has 2 amide bonds. The fourth-order valence-corrected chi connectivity index (χ4v) is 3.58. The van der Waals surface area contributed by atoms with Gasteiger partial charge in [0.05, 0.1) is 26.3 Å². The molecule has 1 heterocycles. The van der Waals surface area contributed by atoms with Crippen molar-refractivity contribution in [3.63, 3.8) is 0 Å². The fourth-order valence-electron chi connectivity index (χ4n) is 2.61. The zero-order valence-corrected chi connectivity index (χ0v) is 17.6. The van der Waals surface area contributed by atoms with Crippen molar-refractivity contribution in [2.45, 2.75) is 13.3 Å². The van der Waals surface area contributed by atoms with E-state index in [9.17, 15) is 14.4 Å². The molecule has 1 aromatic heterocycles. The minimum absolute atomic E-state index is 0.137. The lowest BCUT2D eigenvalue weighted by Gasteiger charge is -2.18. The van der Waals surface area contributed by atoms with Crippen molar-refractivity contribution in [2.24, 2.45) is 0 Å². The van der Waals surface area contributed by atoms with Crippen LogP contribution in [0.1, 0.15) is 22.2 Å². The second kappa shape index (κ2) is 10.5. The van der Waals surface area contributed by atoms with Gasteiger partial charge in [0.15, 0.2) is 11.5 Å². The van der Waals surface area contributed by atoms with Crippen LogP contribution in [0.2, 0.25) is 0 Å². The molecule has 0 spiro atoms. The molecule has 0 atom stereocenters. The topological polar surface area (TPSA) is 94.2 Å². The van der Waals surface area contributed by atoms with Crippen LogP contribution in [0.4, 0.5) is 5.00 Å². The van der Waals surface area contributed by atoms with E-state index in [4.69, 9.17) is 9.47 Å². The molecule has 0 aliphatic rings. The van der Waals surface area contributed by atoms with Crippen molar-refractivity contribution < 1.29 is 28.6 Å². The quantitative estimate of drug-likeness (QED) is 0.626. The molecular weight excluding hydrogens is 396 g/mol. The molecule has 2 aromatic rings. The molecule has 0 bridgehead atoms. The second-order valence-electron chi connectivity index (χ2n) is 6.02. The molecular formula is C20H24N2O6S. The summed E-state index contributed by atoms with van der Waals surface area (Å²) in [6.45, 7) is 1.63. The Morgan fingerprint density at radius 2 is 1.76 bits per heavy atom. The first-order chi connectivity index (χ1) is 13.9. The minimum Gasteiger partial charge on any atom is -0.493 e. The average molecular weight is 420 g/mol. The highest BCUT2D eigenvalue weighted by atomic mass is 32.1. The molecule has 0 saturated carbocycles. The highest BCUT2D eigenvalue weighted by molar-refractivity contribution is 7.18. The van der Waals surface area contributed by atoms with Gasteiger partial charge in [-0.25, -0.2) is 4.79 Å². The number of hydrogen-bond donors (Lipinski definition) is 1. The number of thiophene rings is 1. The summed E-state index contributed by atoms with van der Waals surface area (Å²) in [6.07, 6.45) is 0.595. The Labute approximate surface area is 173 Å². The van der Waals surface area contributed by atoms with E-state index in [1.165, 1.54) is 18.9 Å². The average Bonchev–Trinajstić information content (AvgIpc) is 3.20. The van der Waals surface area contributed by atoms with Gasteiger partial charge >= 0.3 is 5.97 Å². The monoisotopic (exact) mass is 420 g/mol. The molecule has 0 aliphatic heterocycles. The maximum absolute atomic E-state index is 12.3. The van der Waals surface area contributed by atoms with Gasteiger partial charge in [-0.05, 0) is 36.2 Å². The van der Waals surface area contributed by atoms with Crippen molar-refractivity contribution in [3.05, 3.63) is 40.8 Å². The van der Waals surface area contributed by atoms with Crippen LogP contribution in [0.3, 0.4) is 0 Å². The first-order valence-corrected chi connectivity index (χ1v) is 9.65. The maximum Gasteiger partial charge on any atom is 0.348 e. The maximum atomic E-state index is 12.3. The van der Waals surface area contributed by atoms with E-state index in [1.54, 1.807) is 26.4 Å². The fraction of sp³-hybridized carbons (Fsp3) is 0.350. The van der Waals surface area contributed by atoms with Crippen molar-refractivity contribution in [3.8, 4) is 11.5 Å². The molecule has 0 saturated heterocycles. The SMILES string of the molecule is COC(=O)c1ccc(N(CC(=O)NCCc2ccc(OC)c(OC)c2)C(C)=O)s1. The summed E-state index contributed by atoms with van der Waals surface area (Å²) in [5.74, 6) is 0.189. The normalized spacial score (nSPS) is 10.2. The van der Waals surface area contributed by atoms with Gasteiger partial charge in [0.25, 0.3) is 0 Å². The van der Waals surface area contributed by atoms with Crippen LogP contribution in [0.15, 0.2) is 30.3 Å².